The molecule has 3 rings (SSSR count). The first-order valence-corrected chi connectivity index (χ1v) is 8.70. The highest BCUT2D eigenvalue weighted by molar-refractivity contribution is 6.22. The molecule has 0 aromatic heterocycles. The molecule has 2 amide bonds. The van der Waals surface area contributed by atoms with Gasteiger partial charge in [0.15, 0.2) is 0 Å². The molecule has 2 aliphatic rings. The average molecular weight is 331 g/mol. The van der Waals surface area contributed by atoms with E-state index >= 15 is 0 Å². The molecular formula is C18H25N3O3. The first-order chi connectivity index (χ1) is 11.6. The second-order valence-electron chi connectivity index (χ2n) is 6.19. The number of imide groups is 1. The zero-order valence-electron chi connectivity index (χ0n) is 14.4. The summed E-state index contributed by atoms with van der Waals surface area (Å²) < 4.78 is 5.48. The van der Waals surface area contributed by atoms with E-state index in [0.717, 1.165) is 32.7 Å². The maximum atomic E-state index is 12.8. The number of hydrogen-bond acceptors (Lipinski definition) is 5. The van der Waals surface area contributed by atoms with Gasteiger partial charge in [0, 0.05) is 32.2 Å². The summed E-state index contributed by atoms with van der Waals surface area (Å²) in [7, 11) is 0. The van der Waals surface area contributed by atoms with Gasteiger partial charge in [-0.1, -0.05) is 13.0 Å². The van der Waals surface area contributed by atoms with Gasteiger partial charge in [0.05, 0.1) is 24.8 Å². The molecule has 0 unspecified atom stereocenters. The van der Waals surface area contributed by atoms with Crippen LogP contribution in [-0.4, -0.2) is 67.0 Å². The lowest BCUT2D eigenvalue weighted by molar-refractivity contribution is -0.123. The predicted octanol–water partition coefficient (Wildman–Crippen LogP) is 1.35. The molecule has 130 valence electrons. The maximum absolute atomic E-state index is 12.8. The number of piperazine rings is 1. The van der Waals surface area contributed by atoms with Crippen LogP contribution in [0.25, 0.3) is 0 Å². The van der Waals surface area contributed by atoms with E-state index in [1.165, 1.54) is 4.90 Å². The largest absolute Gasteiger partial charge is 0.494 e. The number of carbonyl (C=O) groups is 2. The van der Waals surface area contributed by atoms with Crippen molar-refractivity contribution in [3.05, 3.63) is 24.3 Å². The fourth-order valence-electron chi connectivity index (χ4n) is 3.44. The number of benzene rings is 1. The molecule has 1 aromatic carbocycles. The third-order valence-electron chi connectivity index (χ3n) is 4.80. The lowest BCUT2D eigenvalue weighted by atomic mass is 10.1. The van der Waals surface area contributed by atoms with Gasteiger partial charge in [-0.15, -0.1) is 0 Å². The number of carbonyl (C=O) groups excluding carboxylic acids is 2. The minimum absolute atomic E-state index is 0.112. The summed E-state index contributed by atoms with van der Waals surface area (Å²) in [4.78, 5) is 31.1. The van der Waals surface area contributed by atoms with E-state index < -0.39 is 0 Å². The van der Waals surface area contributed by atoms with E-state index in [0.29, 0.717) is 18.0 Å². The lowest BCUT2D eigenvalue weighted by Gasteiger charge is -2.36. The van der Waals surface area contributed by atoms with E-state index in [1.54, 1.807) is 12.1 Å². The van der Waals surface area contributed by atoms with Crippen molar-refractivity contribution in [3.63, 3.8) is 0 Å². The van der Waals surface area contributed by atoms with Gasteiger partial charge in [0.25, 0.3) is 5.91 Å². The fourth-order valence-corrected chi connectivity index (χ4v) is 3.44. The molecule has 24 heavy (non-hydrogen) atoms. The van der Waals surface area contributed by atoms with Crippen LogP contribution in [0, 0.1) is 0 Å². The van der Waals surface area contributed by atoms with Crippen molar-refractivity contribution in [1.29, 1.82) is 0 Å². The molecule has 6 heteroatoms. The summed E-state index contributed by atoms with van der Waals surface area (Å²) in [6, 6.07) is 6.87. The molecule has 2 heterocycles. The minimum atomic E-state index is -0.327. The molecule has 0 saturated carbocycles. The van der Waals surface area contributed by atoms with Gasteiger partial charge >= 0.3 is 0 Å². The number of hydrogen-bond donors (Lipinski definition) is 0. The zero-order valence-corrected chi connectivity index (χ0v) is 14.4. The van der Waals surface area contributed by atoms with Gasteiger partial charge < -0.3 is 9.64 Å². The molecule has 0 bridgehead atoms. The highest BCUT2D eigenvalue weighted by Gasteiger charge is 2.43. The van der Waals surface area contributed by atoms with Crippen LogP contribution >= 0.6 is 0 Å². The Labute approximate surface area is 143 Å². The van der Waals surface area contributed by atoms with Crippen molar-refractivity contribution < 1.29 is 14.3 Å². The molecule has 1 aromatic rings. The highest BCUT2D eigenvalue weighted by atomic mass is 16.5. The van der Waals surface area contributed by atoms with Gasteiger partial charge in [-0.05, 0) is 25.6 Å². The molecule has 2 fully saturated rings. The SMILES string of the molecule is CCOc1cccc(N2C(=O)C[C@@H](N3CCN(CC)CC3)C2=O)c1. The molecule has 0 aliphatic carbocycles. The number of rotatable bonds is 5. The molecule has 0 radical (unpaired) electrons. The number of amides is 2. The van der Waals surface area contributed by atoms with Crippen LogP contribution in [0.1, 0.15) is 20.3 Å². The average Bonchev–Trinajstić information content (AvgIpc) is 2.90. The first-order valence-electron chi connectivity index (χ1n) is 8.70. The lowest BCUT2D eigenvalue weighted by Crippen LogP contribution is -2.52. The molecular weight excluding hydrogens is 306 g/mol. The Morgan fingerprint density at radius 2 is 1.88 bits per heavy atom. The van der Waals surface area contributed by atoms with Crippen molar-refractivity contribution in [2.75, 3.05) is 44.2 Å². The van der Waals surface area contributed by atoms with E-state index in [2.05, 4.69) is 16.7 Å². The number of likely N-dealkylation sites (N-methyl/N-ethyl adjacent to an activating group) is 1. The summed E-state index contributed by atoms with van der Waals surface area (Å²) in [5.41, 5.74) is 0.602. The van der Waals surface area contributed by atoms with Crippen LogP contribution in [0.3, 0.4) is 0 Å². The molecule has 2 aliphatic heterocycles. The maximum Gasteiger partial charge on any atom is 0.251 e. The number of anilines is 1. The Kier molecular flexibility index (Phi) is 5.16. The van der Waals surface area contributed by atoms with Crippen LogP contribution in [0.2, 0.25) is 0 Å². The van der Waals surface area contributed by atoms with Crippen LogP contribution < -0.4 is 9.64 Å². The van der Waals surface area contributed by atoms with Gasteiger partial charge in [-0.25, -0.2) is 4.90 Å². The summed E-state index contributed by atoms with van der Waals surface area (Å²) in [5.74, 6) is 0.436. The fraction of sp³-hybridized carbons (Fsp3) is 0.556. The normalized spacial score (nSPS) is 23.1. The van der Waals surface area contributed by atoms with Crippen LogP contribution in [0.15, 0.2) is 24.3 Å². The quantitative estimate of drug-likeness (QED) is 0.763. The molecule has 0 spiro atoms. The Morgan fingerprint density at radius 1 is 1.12 bits per heavy atom. The molecule has 2 saturated heterocycles. The number of ether oxygens (including phenoxy) is 1. The summed E-state index contributed by atoms with van der Waals surface area (Å²) in [6.07, 6.45) is 0.268. The van der Waals surface area contributed by atoms with Gasteiger partial charge in [-0.3, -0.25) is 14.5 Å². The van der Waals surface area contributed by atoms with Crippen LogP contribution in [-0.2, 0) is 9.59 Å². The van der Waals surface area contributed by atoms with Crippen molar-refractivity contribution in [1.82, 2.24) is 9.80 Å². The van der Waals surface area contributed by atoms with Crippen molar-refractivity contribution in [3.8, 4) is 5.75 Å². The van der Waals surface area contributed by atoms with Gasteiger partial charge in [0.2, 0.25) is 5.91 Å². The second kappa shape index (κ2) is 7.32. The third-order valence-corrected chi connectivity index (χ3v) is 4.80. The van der Waals surface area contributed by atoms with Gasteiger partial charge in [-0.2, -0.15) is 0 Å². The summed E-state index contributed by atoms with van der Waals surface area (Å²) in [5, 5.41) is 0. The van der Waals surface area contributed by atoms with E-state index in [4.69, 9.17) is 4.74 Å². The molecule has 1 atom stereocenters. The van der Waals surface area contributed by atoms with Crippen molar-refractivity contribution in [2.45, 2.75) is 26.3 Å². The summed E-state index contributed by atoms with van der Waals surface area (Å²) >= 11 is 0. The topological polar surface area (TPSA) is 53.1 Å². The van der Waals surface area contributed by atoms with Gasteiger partial charge in [0.1, 0.15) is 5.75 Å². The Hall–Kier alpha value is -1.92. The van der Waals surface area contributed by atoms with Crippen molar-refractivity contribution in [2.24, 2.45) is 0 Å². The Morgan fingerprint density at radius 3 is 2.54 bits per heavy atom. The van der Waals surface area contributed by atoms with Crippen LogP contribution in [0.4, 0.5) is 5.69 Å². The summed E-state index contributed by atoms with van der Waals surface area (Å²) in [6.45, 7) is 9.21. The van der Waals surface area contributed by atoms with E-state index in [9.17, 15) is 9.59 Å². The third kappa shape index (κ3) is 3.30. The van der Waals surface area contributed by atoms with E-state index in [1.807, 2.05) is 19.1 Å². The highest BCUT2D eigenvalue weighted by Crippen LogP contribution is 2.28. The smallest absolute Gasteiger partial charge is 0.251 e. The second-order valence-corrected chi connectivity index (χ2v) is 6.19. The Balaban J connectivity index is 1.73. The first kappa shape index (κ1) is 16.9. The monoisotopic (exact) mass is 331 g/mol. The standard InChI is InChI=1S/C18H25N3O3/c1-3-19-8-10-20(11-9-19)16-13-17(22)21(18(16)23)14-6-5-7-15(12-14)24-4-2/h5-7,12,16H,3-4,8-11,13H2,1-2H3/t16-/m1/s1. The zero-order chi connectivity index (χ0) is 17.1. The molecule has 6 nitrogen and oxygen atoms in total. The molecule has 0 N–H and O–H groups in total. The van der Waals surface area contributed by atoms with E-state index in [-0.39, 0.29) is 24.3 Å². The number of nitrogens with zero attached hydrogens (tertiary/aromatic N) is 3. The Bertz CT molecular complexity index is 611. The van der Waals surface area contributed by atoms with Crippen LogP contribution in [0.5, 0.6) is 5.75 Å². The minimum Gasteiger partial charge on any atom is -0.494 e. The van der Waals surface area contributed by atoms with Crippen molar-refractivity contribution >= 4 is 17.5 Å². The predicted molar refractivity (Wildman–Crippen MR) is 92.2 cm³/mol.